The van der Waals surface area contributed by atoms with Crippen molar-refractivity contribution in [2.75, 3.05) is 12.4 Å². The molecule has 3 rings (SSSR count). The van der Waals surface area contributed by atoms with E-state index in [-0.39, 0.29) is 28.2 Å². The van der Waals surface area contributed by atoms with E-state index in [1.54, 1.807) is 5.10 Å². The molecule has 0 aliphatic heterocycles. The topological polar surface area (TPSA) is 126 Å². The molecule has 2 aromatic rings. The average molecular weight is 461 g/mol. The summed E-state index contributed by atoms with van der Waals surface area (Å²) in [4.78, 5) is 15.4. The van der Waals surface area contributed by atoms with E-state index in [2.05, 4.69) is 20.1 Å². The number of nitrogens with zero attached hydrogens (tertiary/aromatic N) is 2. The van der Waals surface area contributed by atoms with E-state index >= 15 is 0 Å². The maximum atomic E-state index is 13.0. The molecule has 1 aliphatic rings. The molecule has 1 aliphatic carbocycles. The van der Waals surface area contributed by atoms with Crippen LogP contribution in [0.2, 0.25) is 0 Å². The SMILES string of the molecule is COc1ccc(C(=O)Nc2n[nH]c(C(F)(F)F)n2)cc1S(=O)(=O)N[C@@H]1CCCC[C@@H]1C. The third-order valence-electron chi connectivity index (χ3n) is 5.11. The number of amides is 1. The first kappa shape index (κ1) is 23.0. The van der Waals surface area contributed by atoms with E-state index in [1.165, 1.54) is 19.2 Å². The molecule has 1 fully saturated rings. The summed E-state index contributed by atoms with van der Waals surface area (Å²) < 4.78 is 71.6. The monoisotopic (exact) mass is 461 g/mol. The van der Waals surface area contributed by atoms with E-state index in [0.29, 0.717) is 6.42 Å². The fourth-order valence-electron chi connectivity index (χ4n) is 3.40. The van der Waals surface area contributed by atoms with Crippen molar-refractivity contribution in [3.05, 3.63) is 29.6 Å². The second-order valence-corrected chi connectivity index (χ2v) is 9.00. The number of hydrogen-bond donors (Lipinski definition) is 3. The van der Waals surface area contributed by atoms with Crippen LogP contribution in [0, 0.1) is 5.92 Å². The van der Waals surface area contributed by atoms with E-state index in [1.807, 2.05) is 6.92 Å². The number of methoxy groups -OCH3 is 1. The van der Waals surface area contributed by atoms with Crippen LogP contribution in [0.3, 0.4) is 0 Å². The lowest BCUT2D eigenvalue weighted by Gasteiger charge is -2.29. The zero-order valence-electron chi connectivity index (χ0n) is 16.8. The zero-order valence-corrected chi connectivity index (χ0v) is 17.6. The number of ether oxygens (including phenoxy) is 1. The number of carbonyl (C=O) groups excluding carboxylic acids is 1. The Morgan fingerprint density at radius 3 is 2.58 bits per heavy atom. The fourth-order valence-corrected chi connectivity index (χ4v) is 4.97. The molecule has 13 heteroatoms. The van der Waals surface area contributed by atoms with Crippen LogP contribution in [0.4, 0.5) is 19.1 Å². The van der Waals surface area contributed by atoms with E-state index in [0.717, 1.165) is 25.3 Å². The molecular weight excluding hydrogens is 439 g/mol. The Kier molecular flexibility index (Phi) is 6.55. The Balaban J connectivity index is 1.84. The van der Waals surface area contributed by atoms with Crippen molar-refractivity contribution >= 4 is 21.9 Å². The number of anilines is 1. The van der Waals surface area contributed by atoms with Gasteiger partial charge in [0, 0.05) is 11.6 Å². The second-order valence-electron chi connectivity index (χ2n) is 7.31. The number of hydrogen-bond acceptors (Lipinski definition) is 6. The van der Waals surface area contributed by atoms with Gasteiger partial charge in [0.15, 0.2) is 0 Å². The van der Waals surface area contributed by atoms with E-state index in [4.69, 9.17) is 4.74 Å². The Labute approximate surface area is 176 Å². The van der Waals surface area contributed by atoms with Gasteiger partial charge in [0.1, 0.15) is 10.6 Å². The Morgan fingerprint density at radius 1 is 1.26 bits per heavy atom. The number of carbonyl (C=O) groups is 1. The lowest BCUT2D eigenvalue weighted by atomic mass is 9.87. The van der Waals surface area contributed by atoms with Gasteiger partial charge < -0.3 is 4.74 Å². The summed E-state index contributed by atoms with van der Waals surface area (Å²) >= 11 is 0. The molecular formula is C18H22F3N5O4S. The van der Waals surface area contributed by atoms with Gasteiger partial charge in [0.25, 0.3) is 5.91 Å². The number of sulfonamides is 1. The average Bonchev–Trinajstić information content (AvgIpc) is 3.18. The summed E-state index contributed by atoms with van der Waals surface area (Å²) in [5.74, 6) is -2.64. The number of alkyl halides is 3. The first-order chi connectivity index (χ1) is 14.5. The smallest absolute Gasteiger partial charge is 0.451 e. The number of rotatable bonds is 6. The van der Waals surface area contributed by atoms with Gasteiger partial charge in [-0.15, -0.1) is 5.10 Å². The molecule has 1 amide bonds. The van der Waals surface area contributed by atoms with Gasteiger partial charge in [-0.25, -0.2) is 13.1 Å². The van der Waals surface area contributed by atoms with E-state index in [9.17, 15) is 26.4 Å². The van der Waals surface area contributed by atoms with Gasteiger partial charge in [0.2, 0.25) is 21.8 Å². The van der Waals surface area contributed by atoms with Crippen molar-refractivity contribution in [2.45, 2.75) is 49.7 Å². The van der Waals surface area contributed by atoms with Crippen LogP contribution in [0.1, 0.15) is 48.8 Å². The Bertz CT molecular complexity index is 1050. The van der Waals surface area contributed by atoms with Crippen LogP contribution in [0.15, 0.2) is 23.1 Å². The number of benzene rings is 1. The summed E-state index contributed by atoms with van der Waals surface area (Å²) in [6, 6.07) is 3.44. The van der Waals surface area contributed by atoms with Crippen molar-refractivity contribution < 1.29 is 31.1 Å². The standard InChI is InChI=1S/C18H22F3N5O4S/c1-10-5-3-4-6-12(10)26-31(28,29)14-9-11(7-8-13(14)30-2)15(27)22-17-23-16(24-25-17)18(19,20)21/h7-10,12,26H,3-6H2,1-2H3,(H2,22,23,24,25,27)/t10-,12+/m0/s1. The number of aromatic nitrogens is 3. The van der Waals surface area contributed by atoms with Crippen LogP contribution < -0.4 is 14.8 Å². The van der Waals surface area contributed by atoms with E-state index < -0.39 is 33.9 Å². The first-order valence-electron chi connectivity index (χ1n) is 9.52. The molecule has 170 valence electrons. The highest BCUT2D eigenvalue weighted by Gasteiger charge is 2.35. The largest absolute Gasteiger partial charge is 0.495 e. The predicted octanol–water partition coefficient (Wildman–Crippen LogP) is 2.94. The van der Waals surface area contributed by atoms with Crippen LogP contribution >= 0.6 is 0 Å². The maximum absolute atomic E-state index is 13.0. The third-order valence-corrected chi connectivity index (χ3v) is 6.62. The number of aromatic amines is 1. The number of H-pyrrole nitrogens is 1. The molecule has 0 saturated heterocycles. The lowest BCUT2D eigenvalue weighted by molar-refractivity contribution is -0.144. The molecule has 0 radical (unpaired) electrons. The minimum atomic E-state index is -4.75. The molecule has 1 saturated carbocycles. The van der Waals surface area contributed by atoms with Gasteiger partial charge in [0.05, 0.1) is 7.11 Å². The predicted molar refractivity (Wildman–Crippen MR) is 104 cm³/mol. The normalized spacial score (nSPS) is 19.8. The molecule has 1 heterocycles. The fraction of sp³-hybridized carbons (Fsp3) is 0.500. The van der Waals surface area contributed by atoms with Crippen molar-refractivity contribution in [1.82, 2.24) is 19.9 Å². The molecule has 0 spiro atoms. The summed E-state index contributed by atoms with van der Waals surface area (Å²) in [7, 11) is -2.73. The highest BCUT2D eigenvalue weighted by atomic mass is 32.2. The number of halogens is 3. The summed E-state index contributed by atoms with van der Waals surface area (Å²) in [5, 5.41) is 7.08. The molecule has 1 aromatic carbocycles. The second kappa shape index (κ2) is 8.83. The minimum Gasteiger partial charge on any atom is -0.495 e. The summed E-state index contributed by atoms with van der Waals surface area (Å²) in [6.07, 6.45) is -1.19. The van der Waals surface area contributed by atoms with Crippen molar-refractivity contribution in [2.24, 2.45) is 5.92 Å². The quantitative estimate of drug-likeness (QED) is 0.607. The van der Waals surface area contributed by atoms with Crippen LogP contribution in [-0.2, 0) is 16.2 Å². The molecule has 31 heavy (non-hydrogen) atoms. The highest BCUT2D eigenvalue weighted by molar-refractivity contribution is 7.89. The minimum absolute atomic E-state index is 0.0322. The number of nitrogens with one attached hydrogen (secondary N) is 3. The summed E-state index contributed by atoms with van der Waals surface area (Å²) in [6.45, 7) is 1.97. The first-order valence-corrected chi connectivity index (χ1v) is 11.0. The van der Waals surface area contributed by atoms with Crippen LogP contribution in [0.25, 0.3) is 0 Å². The molecule has 0 unspecified atom stereocenters. The molecule has 0 bridgehead atoms. The van der Waals surface area contributed by atoms with Gasteiger partial charge >= 0.3 is 6.18 Å². The molecule has 2 atom stereocenters. The van der Waals surface area contributed by atoms with Gasteiger partial charge in [-0.05, 0) is 37.0 Å². The highest BCUT2D eigenvalue weighted by Crippen LogP contribution is 2.30. The van der Waals surface area contributed by atoms with Crippen LogP contribution in [0.5, 0.6) is 5.75 Å². The van der Waals surface area contributed by atoms with Crippen LogP contribution in [-0.4, -0.2) is 42.7 Å². The maximum Gasteiger partial charge on any atom is 0.451 e. The van der Waals surface area contributed by atoms with Gasteiger partial charge in [-0.1, -0.05) is 19.8 Å². The molecule has 9 nitrogen and oxygen atoms in total. The Morgan fingerprint density at radius 2 is 1.97 bits per heavy atom. The third kappa shape index (κ3) is 5.34. The van der Waals surface area contributed by atoms with Crippen molar-refractivity contribution in [3.8, 4) is 5.75 Å². The zero-order chi connectivity index (χ0) is 22.8. The van der Waals surface area contributed by atoms with Gasteiger partial charge in [-0.2, -0.15) is 18.2 Å². The summed E-state index contributed by atoms with van der Waals surface area (Å²) in [5.41, 5.74) is -0.115. The van der Waals surface area contributed by atoms with Crippen molar-refractivity contribution in [3.63, 3.8) is 0 Å². The van der Waals surface area contributed by atoms with Crippen molar-refractivity contribution in [1.29, 1.82) is 0 Å². The molecule has 1 aromatic heterocycles. The lowest BCUT2D eigenvalue weighted by Crippen LogP contribution is -2.41. The Hall–Kier alpha value is -2.67. The molecule has 3 N–H and O–H groups in total. The van der Waals surface area contributed by atoms with Gasteiger partial charge in [-0.3, -0.25) is 15.2 Å².